The first-order valence-corrected chi connectivity index (χ1v) is 11.4. The quantitative estimate of drug-likeness (QED) is 0.433. The third-order valence-electron chi connectivity index (χ3n) is 5.85. The molecule has 1 aromatic carbocycles. The van der Waals surface area contributed by atoms with E-state index in [2.05, 4.69) is 31.6 Å². The minimum Gasteiger partial charge on any atom is -0.368 e. The van der Waals surface area contributed by atoms with Crippen LogP contribution < -0.4 is 5.32 Å². The van der Waals surface area contributed by atoms with Crippen LogP contribution in [-0.4, -0.2) is 67.8 Å². The molecular formula is C23H24ClN9O. The van der Waals surface area contributed by atoms with Crippen LogP contribution in [0.25, 0.3) is 33.5 Å². The maximum Gasteiger partial charge on any atom is 0.183 e. The van der Waals surface area contributed by atoms with Gasteiger partial charge in [-0.05, 0) is 38.1 Å². The predicted octanol–water partition coefficient (Wildman–Crippen LogP) is 3.43. The number of fused-ring (bicyclic) bond motifs is 1. The van der Waals surface area contributed by atoms with Crippen molar-refractivity contribution >= 4 is 28.3 Å². The largest absolute Gasteiger partial charge is 0.368 e. The topological polar surface area (TPSA) is 121 Å². The molecule has 1 atom stereocenters. The van der Waals surface area contributed by atoms with Crippen molar-refractivity contribution < 1.29 is 4.74 Å². The van der Waals surface area contributed by atoms with Gasteiger partial charge < -0.3 is 10.1 Å². The van der Waals surface area contributed by atoms with Crippen LogP contribution in [0.3, 0.4) is 0 Å². The molecule has 0 radical (unpaired) electrons. The molecule has 1 fully saturated rings. The Morgan fingerprint density at radius 2 is 2.18 bits per heavy atom. The third-order valence-corrected chi connectivity index (χ3v) is 6.15. The van der Waals surface area contributed by atoms with Crippen molar-refractivity contribution in [2.45, 2.75) is 18.9 Å². The molecule has 5 rings (SSSR count). The maximum atomic E-state index is 9.84. The monoisotopic (exact) mass is 477 g/mol. The number of aromatic amines is 1. The standard InChI is InChI=1S/C23H24ClN9O/c1-32-7-4-16(34-13-32)3-6-26-23-19(11-25)28-21(22(29-23)18-5-8-33(2)31-18)14-9-15-12-27-30-20(15)17(24)10-14/h5,8-10,12,16H,3-4,6-7,13H2,1-2H3,(H,26,29)(H,27,30). The van der Waals surface area contributed by atoms with Crippen molar-refractivity contribution in [1.82, 2.24) is 34.8 Å². The fraction of sp³-hybridized carbons (Fsp3) is 0.348. The van der Waals surface area contributed by atoms with Crippen LogP contribution in [0.5, 0.6) is 0 Å². The molecule has 0 bridgehead atoms. The molecule has 0 spiro atoms. The number of H-pyrrole nitrogens is 1. The van der Waals surface area contributed by atoms with Crippen LogP contribution in [0.1, 0.15) is 18.5 Å². The van der Waals surface area contributed by atoms with Gasteiger partial charge in [-0.1, -0.05) is 11.6 Å². The first-order chi connectivity index (χ1) is 16.5. The number of anilines is 1. The van der Waals surface area contributed by atoms with E-state index in [9.17, 15) is 5.26 Å². The molecule has 2 N–H and O–H groups in total. The molecule has 4 aromatic rings. The number of ether oxygens (including phenoxy) is 1. The number of hydrogen-bond acceptors (Lipinski definition) is 8. The zero-order chi connectivity index (χ0) is 23.7. The van der Waals surface area contributed by atoms with Crippen LogP contribution in [0.4, 0.5) is 5.82 Å². The van der Waals surface area contributed by atoms with Gasteiger partial charge in [0.25, 0.3) is 0 Å². The Kier molecular flexibility index (Phi) is 6.15. The number of halogens is 1. The summed E-state index contributed by atoms with van der Waals surface area (Å²) in [5.74, 6) is 0.426. The fourth-order valence-corrected chi connectivity index (χ4v) is 4.30. The molecule has 11 heteroatoms. The first-order valence-electron chi connectivity index (χ1n) is 11.0. The van der Waals surface area contributed by atoms with Crippen LogP contribution in [-0.2, 0) is 11.8 Å². The van der Waals surface area contributed by atoms with E-state index in [0.29, 0.717) is 41.2 Å². The highest BCUT2D eigenvalue weighted by Gasteiger charge is 2.21. The van der Waals surface area contributed by atoms with Crippen molar-refractivity contribution in [2.24, 2.45) is 7.05 Å². The highest BCUT2D eigenvalue weighted by atomic mass is 35.5. The number of hydrogen-bond donors (Lipinski definition) is 2. The summed E-state index contributed by atoms with van der Waals surface area (Å²) in [5, 5.41) is 26.0. The lowest BCUT2D eigenvalue weighted by Gasteiger charge is -2.29. The smallest absolute Gasteiger partial charge is 0.183 e. The average Bonchev–Trinajstić information content (AvgIpc) is 3.49. The van der Waals surface area contributed by atoms with E-state index in [4.69, 9.17) is 26.3 Å². The highest BCUT2D eigenvalue weighted by Crippen LogP contribution is 2.34. The maximum absolute atomic E-state index is 9.84. The second-order valence-corrected chi connectivity index (χ2v) is 8.81. The van der Waals surface area contributed by atoms with Crippen LogP contribution >= 0.6 is 11.6 Å². The SMILES string of the molecule is CN1CCC(CCNc2nc(-c3ccn(C)n3)c(-c3cc(Cl)c4[nH]ncc4c3)nc2C#N)OC1. The molecule has 1 aliphatic rings. The van der Waals surface area contributed by atoms with Gasteiger partial charge in [-0.2, -0.15) is 15.5 Å². The van der Waals surface area contributed by atoms with Gasteiger partial charge in [-0.3, -0.25) is 14.7 Å². The lowest BCUT2D eigenvalue weighted by atomic mass is 10.1. The summed E-state index contributed by atoms with van der Waals surface area (Å²) in [6.07, 6.45) is 5.51. The normalized spacial score (nSPS) is 16.6. The summed E-state index contributed by atoms with van der Waals surface area (Å²) in [6, 6.07) is 7.77. The minimum atomic E-state index is 0.181. The number of aryl methyl sites for hydroxylation is 1. The predicted molar refractivity (Wildman–Crippen MR) is 129 cm³/mol. The van der Waals surface area contributed by atoms with Crippen molar-refractivity contribution in [3.8, 4) is 28.7 Å². The number of nitrogens with zero attached hydrogens (tertiary/aromatic N) is 7. The van der Waals surface area contributed by atoms with E-state index in [-0.39, 0.29) is 11.8 Å². The summed E-state index contributed by atoms with van der Waals surface area (Å²) in [7, 11) is 3.89. The van der Waals surface area contributed by atoms with Crippen molar-refractivity contribution in [2.75, 3.05) is 32.2 Å². The lowest BCUT2D eigenvalue weighted by Crippen LogP contribution is -2.36. The van der Waals surface area contributed by atoms with Gasteiger partial charge in [0.1, 0.15) is 23.2 Å². The Balaban J connectivity index is 1.50. The Hall–Kier alpha value is -3.52. The zero-order valence-electron chi connectivity index (χ0n) is 18.9. The van der Waals surface area contributed by atoms with E-state index in [1.165, 1.54) is 0 Å². The van der Waals surface area contributed by atoms with Gasteiger partial charge in [-0.15, -0.1) is 0 Å². The fourth-order valence-electron chi connectivity index (χ4n) is 4.03. The van der Waals surface area contributed by atoms with Crippen molar-refractivity contribution in [1.29, 1.82) is 5.26 Å². The molecule has 1 saturated heterocycles. The van der Waals surface area contributed by atoms with Crippen molar-refractivity contribution in [3.05, 3.63) is 41.3 Å². The summed E-state index contributed by atoms with van der Waals surface area (Å²) in [6.45, 7) is 2.26. The van der Waals surface area contributed by atoms with Gasteiger partial charge in [-0.25, -0.2) is 9.97 Å². The Bertz CT molecular complexity index is 1360. The van der Waals surface area contributed by atoms with E-state index in [0.717, 1.165) is 35.9 Å². The summed E-state index contributed by atoms with van der Waals surface area (Å²) in [5.41, 5.74) is 3.44. The van der Waals surface area contributed by atoms with Gasteiger partial charge in [0.05, 0.1) is 29.6 Å². The molecule has 0 aliphatic carbocycles. The van der Waals surface area contributed by atoms with Gasteiger partial charge in [0.15, 0.2) is 11.5 Å². The zero-order valence-corrected chi connectivity index (χ0v) is 19.7. The molecule has 3 aromatic heterocycles. The summed E-state index contributed by atoms with van der Waals surface area (Å²) in [4.78, 5) is 11.6. The Labute approximate surface area is 201 Å². The number of rotatable bonds is 6. The van der Waals surface area contributed by atoms with Crippen LogP contribution in [0.2, 0.25) is 5.02 Å². The van der Waals surface area contributed by atoms with Gasteiger partial charge in [0.2, 0.25) is 0 Å². The number of aromatic nitrogens is 6. The van der Waals surface area contributed by atoms with E-state index >= 15 is 0 Å². The minimum absolute atomic E-state index is 0.181. The molecular weight excluding hydrogens is 454 g/mol. The van der Waals surface area contributed by atoms with E-state index in [1.807, 2.05) is 32.4 Å². The molecule has 0 amide bonds. The Morgan fingerprint density at radius 3 is 2.91 bits per heavy atom. The molecule has 0 saturated carbocycles. The second kappa shape index (κ2) is 9.38. The van der Waals surface area contributed by atoms with E-state index in [1.54, 1.807) is 16.9 Å². The summed E-state index contributed by atoms with van der Waals surface area (Å²) >= 11 is 6.48. The molecule has 4 heterocycles. The number of nitrogens with one attached hydrogen (secondary N) is 2. The van der Waals surface area contributed by atoms with Crippen LogP contribution in [0, 0.1) is 11.3 Å². The molecule has 10 nitrogen and oxygen atoms in total. The lowest BCUT2D eigenvalue weighted by molar-refractivity contribution is -0.0590. The summed E-state index contributed by atoms with van der Waals surface area (Å²) < 4.78 is 7.55. The molecule has 174 valence electrons. The van der Waals surface area contributed by atoms with Crippen molar-refractivity contribution in [3.63, 3.8) is 0 Å². The Morgan fingerprint density at radius 1 is 1.29 bits per heavy atom. The molecule has 1 aliphatic heterocycles. The third kappa shape index (κ3) is 4.46. The average molecular weight is 478 g/mol. The second-order valence-electron chi connectivity index (χ2n) is 8.40. The molecule has 1 unspecified atom stereocenters. The van der Waals surface area contributed by atoms with Crippen LogP contribution in [0.15, 0.2) is 30.6 Å². The number of benzene rings is 1. The highest BCUT2D eigenvalue weighted by molar-refractivity contribution is 6.35. The molecule has 34 heavy (non-hydrogen) atoms. The first kappa shape index (κ1) is 22.3. The van der Waals surface area contributed by atoms with Gasteiger partial charge >= 0.3 is 0 Å². The number of nitriles is 1. The van der Waals surface area contributed by atoms with E-state index < -0.39 is 0 Å². The van der Waals surface area contributed by atoms with Gasteiger partial charge in [0, 0.05) is 37.3 Å².